The van der Waals surface area contributed by atoms with Crippen LogP contribution in [0.2, 0.25) is 0 Å². The van der Waals surface area contributed by atoms with Crippen molar-refractivity contribution in [2.75, 3.05) is 26.2 Å². The van der Waals surface area contributed by atoms with E-state index in [0.29, 0.717) is 18.8 Å². The van der Waals surface area contributed by atoms with Gasteiger partial charge in [-0.2, -0.15) is 0 Å². The van der Waals surface area contributed by atoms with Crippen LogP contribution in [0.5, 0.6) is 5.75 Å². The fourth-order valence-corrected chi connectivity index (χ4v) is 3.76. The third-order valence-corrected chi connectivity index (χ3v) is 5.59. The Balaban J connectivity index is 1.32. The molecule has 172 valence electrons. The predicted molar refractivity (Wildman–Crippen MR) is 117 cm³/mol. The molecule has 4 rings (SSSR count). The molecule has 0 N–H and O–H groups in total. The van der Waals surface area contributed by atoms with E-state index in [1.54, 1.807) is 17.0 Å². The van der Waals surface area contributed by atoms with E-state index in [-0.39, 0.29) is 36.9 Å². The minimum absolute atomic E-state index is 0.0770. The summed E-state index contributed by atoms with van der Waals surface area (Å²) in [5.41, 5.74) is 2.25. The number of carbonyl (C=O) groups excluding carboxylic acids is 2. The molecule has 2 aromatic carbocycles. The lowest BCUT2D eigenvalue weighted by Gasteiger charge is -2.34. The molecule has 1 aliphatic heterocycles. The Bertz CT molecular complexity index is 1180. The van der Waals surface area contributed by atoms with Crippen molar-refractivity contribution in [2.24, 2.45) is 0 Å². The molecular weight excluding hydrogens is 430 g/mol. The van der Waals surface area contributed by atoms with Crippen LogP contribution in [-0.4, -0.2) is 47.8 Å². The van der Waals surface area contributed by atoms with Crippen LogP contribution in [0.3, 0.4) is 0 Å². The summed E-state index contributed by atoms with van der Waals surface area (Å²) in [4.78, 5) is 28.5. The van der Waals surface area contributed by atoms with Crippen LogP contribution < -0.4 is 4.74 Å². The topological polar surface area (TPSA) is 63.0 Å². The van der Waals surface area contributed by atoms with Gasteiger partial charge < -0.3 is 19.0 Å². The molecule has 0 aliphatic carbocycles. The number of amides is 2. The molecule has 2 heterocycles. The van der Waals surface area contributed by atoms with Gasteiger partial charge in [-0.25, -0.2) is 8.78 Å². The third-order valence-electron chi connectivity index (χ3n) is 5.59. The van der Waals surface area contributed by atoms with Crippen LogP contribution >= 0.6 is 0 Å². The number of rotatable bonds is 5. The van der Waals surface area contributed by atoms with Gasteiger partial charge in [0.25, 0.3) is 11.8 Å². The molecule has 2 amide bonds. The number of hydrogen-bond acceptors (Lipinski definition) is 4. The fourth-order valence-electron chi connectivity index (χ4n) is 3.76. The lowest BCUT2D eigenvalue weighted by molar-refractivity contribution is 0.0516. The second-order valence-electron chi connectivity index (χ2n) is 8.04. The molecule has 0 radical (unpaired) electrons. The highest BCUT2D eigenvalue weighted by molar-refractivity contribution is 5.95. The van der Waals surface area contributed by atoms with E-state index in [2.05, 4.69) is 0 Å². The number of furan rings is 1. The summed E-state index contributed by atoms with van der Waals surface area (Å²) in [5, 5.41) is 0. The maximum Gasteiger partial charge on any atom is 0.289 e. The van der Waals surface area contributed by atoms with Crippen molar-refractivity contribution in [3.8, 4) is 5.75 Å². The van der Waals surface area contributed by atoms with Crippen molar-refractivity contribution < 1.29 is 27.5 Å². The SMILES string of the molecule is Cc1ccc(OCc2ccc(C(=O)N3CCN(C(=O)c4ccc(F)c(F)c4)CC3)o2)c(C)c1. The molecule has 3 aromatic rings. The number of benzene rings is 2. The molecule has 0 spiro atoms. The van der Waals surface area contributed by atoms with Gasteiger partial charge in [0.05, 0.1) is 0 Å². The molecular formula is C25H24F2N2O4. The number of ether oxygens (including phenoxy) is 1. The van der Waals surface area contributed by atoms with Crippen LogP contribution in [0, 0.1) is 25.5 Å². The molecule has 0 bridgehead atoms. The van der Waals surface area contributed by atoms with Crippen molar-refractivity contribution in [3.05, 3.63) is 88.4 Å². The predicted octanol–water partition coefficient (Wildman–Crippen LogP) is 4.35. The summed E-state index contributed by atoms with van der Waals surface area (Å²) < 4.78 is 38.0. The molecule has 1 saturated heterocycles. The largest absolute Gasteiger partial charge is 0.485 e. The standard InChI is InChI=1S/C25H24F2N2O4/c1-16-3-7-22(17(2)13-16)32-15-19-5-8-23(33-19)25(31)29-11-9-28(10-12-29)24(30)18-4-6-20(26)21(27)14-18/h3-8,13-14H,9-12,15H2,1-2H3. The number of nitrogens with zero attached hydrogens (tertiary/aromatic N) is 2. The second-order valence-corrected chi connectivity index (χ2v) is 8.04. The molecule has 8 heteroatoms. The number of halogens is 2. The molecule has 1 fully saturated rings. The van der Waals surface area contributed by atoms with Crippen LogP contribution in [0.4, 0.5) is 8.78 Å². The highest BCUT2D eigenvalue weighted by atomic mass is 19.2. The second kappa shape index (κ2) is 9.44. The van der Waals surface area contributed by atoms with Gasteiger partial charge in [-0.3, -0.25) is 9.59 Å². The van der Waals surface area contributed by atoms with Crippen molar-refractivity contribution in [2.45, 2.75) is 20.5 Å². The Morgan fingerprint density at radius 3 is 2.24 bits per heavy atom. The summed E-state index contributed by atoms with van der Waals surface area (Å²) in [6, 6.07) is 12.3. The number of aryl methyl sites for hydroxylation is 2. The number of hydrogen-bond donors (Lipinski definition) is 0. The van der Waals surface area contributed by atoms with Crippen molar-refractivity contribution in [1.29, 1.82) is 0 Å². The monoisotopic (exact) mass is 454 g/mol. The van der Waals surface area contributed by atoms with Crippen molar-refractivity contribution >= 4 is 11.8 Å². The number of carbonyl (C=O) groups is 2. The summed E-state index contributed by atoms with van der Waals surface area (Å²) >= 11 is 0. The van der Waals surface area contributed by atoms with E-state index >= 15 is 0 Å². The van der Waals surface area contributed by atoms with E-state index in [1.165, 1.54) is 11.0 Å². The Morgan fingerprint density at radius 2 is 1.58 bits per heavy atom. The normalized spacial score (nSPS) is 13.8. The maximum atomic E-state index is 13.4. The van der Waals surface area contributed by atoms with Gasteiger partial charge in [0.1, 0.15) is 18.1 Å². The quantitative estimate of drug-likeness (QED) is 0.575. The molecule has 1 aliphatic rings. The zero-order chi connectivity index (χ0) is 23.5. The molecule has 33 heavy (non-hydrogen) atoms. The highest BCUT2D eigenvalue weighted by Crippen LogP contribution is 2.21. The van der Waals surface area contributed by atoms with Crippen LogP contribution in [0.15, 0.2) is 52.9 Å². The van der Waals surface area contributed by atoms with Crippen molar-refractivity contribution in [1.82, 2.24) is 9.80 Å². The highest BCUT2D eigenvalue weighted by Gasteiger charge is 2.27. The van der Waals surface area contributed by atoms with Gasteiger partial charge >= 0.3 is 0 Å². The van der Waals surface area contributed by atoms with Crippen LogP contribution in [-0.2, 0) is 6.61 Å². The first-order valence-corrected chi connectivity index (χ1v) is 10.6. The Morgan fingerprint density at radius 1 is 0.879 bits per heavy atom. The van der Waals surface area contributed by atoms with E-state index in [1.807, 2.05) is 32.0 Å². The van der Waals surface area contributed by atoms with E-state index in [0.717, 1.165) is 29.0 Å². The lowest BCUT2D eigenvalue weighted by Crippen LogP contribution is -2.50. The summed E-state index contributed by atoms with van der Waals surface area (Å²) in [7, 11) is 0. The van der Waals surface area contributed by atoms with E-state index in [4.69, 9.17) is 9.15 Å². The first-order valence-electron chi connectivity index (χ1n) is 10.6. The van der Waals surface area contributed by atoms with Gasteiger partial charge in [0, 0.05) is 31.7 Å². The summed E-state index contributed by atoms with van der Waals surface area (Å²) in [6.45, 7) is 5.37. The Hall–Kier alpha value is -3.68. The molecule has 1 aromatic heterocycles. The number of piperazine rings is 1. The summed E-state index contributed by atoms with van der Waals surface area (Å²) in [6.07, 6.45) is 0. The lowest BCUT2D eigenvalue weighted by atomic mass is 10.1. The third kappa shape index (κ3) is 5.05. The molecule has 0 unspecified atom stereocenters. The van der Waals surface area contributed by atoms with Crippen LogP contribution in [0.1, 0.15) is 37.8 Å². The van der Waals surface area contributed by atoms with Crippen molar-refractivity contribution in [3.63, 3.8) is 0 Å². The minimum atomic E-state index is -1.06. The van der Waals surface area contributed by atoms with Gasteiger partial charge in [-0.05, 0) is 55.8 Å². The molecule has 6 nitrogen and oxygen atoms in total. The zero-order valence-electron chi connectivity index (χ0n) is 18.4. The molecule has 0 atom stereocenters. The zero-order valence-corrected chi connectivity index (χ0v) is 18.4. The van der Waals surface area contributed by atoms with Gasteiger partial charge in [0.2, 0.25) is 0 Å². The first kappa shape index (κ1) is 22.5. The average Bonchev–Trinajstić information content (AvgIpc) is 3.28. The fraction of sp³-hybridized carbons (Fsp3) is 0.280. The van der Waals surface area contributed by atoms with E-state index < -0.39 is 17.5 Å². The summed E-state index contributed by atoms with van der Waals surface area (Å²) in [5.74, 6) is -1.24. The van der Waals surface area contributed by atoms with Gasteiger partial charge in [-0.15, -0.1) is 0 Å². The maximum absolute atomic E-state index is 13.4. The molecule has 0 saturated carbocycles. The van der Waals surface area contributed by atoms with Crippen LogP contribution in [0.25, 0.3) is 0 Å². The average molecular weight is 454 g/mol. The van der Waals surface area contributed by atoms with E-state index in [9.17, 15) is 18.4 Å². The van der Waals surface area contributed by atoms with Gasteiger partial charge in [-0.1, -0.05) is 17.7 Å². The smallest absolute Gasteiger partial charge is 0.289 e. The Kier molecular flexibility index (Phi) is 6.44. The van der Waals surface area contributed by atoms with Gasteiger partial charge in [0.15, 0.2) is 17.4 Å². The Labute approximate surface area is 190 Å². The minimum Gasteiger partial charge on any atom is -0.485 e. The first-order chi connectivity index (χ1) is 15.8.